The Balaban J connectivity index is 1.41. The van der Waals surface area contributed by atoms with E-state index in [-0.39, 0.29) is 0 Å². The topological polar surface area (TPSA) is 85.0 Å². The standard InChI is InChI=1S/C23H25N5O2/c24-23(26-17-18-6-5-11-25-22(18)28-12-14-29-15-13-28)27-19-7-4-10-21(16-19)30-20-8-2-1-3-9-20/h1-11,16H,12-15,17H2,(H3,24,26,27). The number of nitrogens with one attached hydrogen (secondary N) is 1. The average molecular weight is 403 g/mol. The van der Waals surface area contributed by atoms with Gasteiger partial charge >= 0.3 is 0 Å². The minimum absolute atomic E-state index is 0.337. The summed E-state index contributed by atoms with van der Waals surface area (Å²) in [6.45, 7) is 3.53. The van der Waals surface area contributed by atoms with Crippen molar-refractivity contribution < 1.29 is 9.47 Å². The van der Waals surface area contributed by atoms with Crippen molar-refractivity contribution in [3.8, 4) is 11.5 Å². The Morgan fingerprint density at radius 1 is 1.03 bits per heavy atom. The van der Waals surface area contributed by atoms with Gasteiger partial charge in [-0.25, -0.2) is 9.98 Å². The van der Waals surface area contributed by atoms with Gasteiger partial charge in [0.05, 0.1) is 19.8 Å². The molecule has 0 aliphatic carbocycles. The molecule has 2 heterocycles. The number of nitrogens with zero attached hydrogens (tertiary/aromatic N) is 3. The summed E-state index contributed by atoms with van der Waals surface area (Å²) in [5.74, 6) is 2.78. The van der Waals surface area contributed by atoms with E-state index in [4.69, 9.17) is 15.2 Å². The van der Waals surface area contributed by atoms with E-state index in [0.29, 0.717) is 25.7 Å². The molecule has 3 aromatic rings. The first-order valence-electron chi connectivity index (χ1n) is 9.94. The van der Waals surface area contributed by atoms with Crippen LogP contribution in [0, 0.1) is 0 Å². The molecule has 1 aliphatic rings. The second kappa shape index (κ2) is 9.76. The molecular weight excluding hydrogens is 378 g/mol. The Morgan fingerprint density at radius 3 is 2.67 bits per heavy atom. The molecule has 0 atom stereocenters. The maximum atomic E-state index is 6.13. The molecule has 30 heavy (non-hydrogen) atoms. The highest BCUT2D eigenvalue weighted by Gasteiger charge is 2.15. The van der Waals surface area contributed by atoms with Crippen LogP contribution in [0.1, 0.15) is 5.56 Å². The van der Waals surface area contributed by atoms with Gasteiger partial charge < -0.3 is 25.4 Å². The second-order valence-electron chi connectivity index (χ2n) is 6.85. The van der Waals surface area contributed by atoms with Crippen molar-refractivity contribution in [2.45, 2.75) is 6.54 Å². The fourth-order valence-electron chi connectivity index (χ4n) is 3.23. The van der Waals surface area contributed by atoms with Gasteiger partial charge in [-0.1, -0.05) is 30.3 Å². The third-order valence-corrected chi connectivity index (χ3v) is 4.68. The second-order valence-corrected chi connectivity index (χ2v) is 6.85. The lowest BCUT2D eigenvalue weighted by Crippen LogP contribution is -2.37. The highest BCUT2D eigenvalue weighted by molar-refractivity contribution is 5.92. The Kier molecular flexibility index (Phi) is 6.41. The van der Waals surface area contributed by atoms with Crippen molar-refractivity contribution in [2.75, 3.05) is 36.5 Å². The van der Waals surface area contributed by atoms with Crippen LogP contribution in [0.25, 0.3) is 0 Å². The Morgan fingerprint density at radius 2 is 1.83 bits per heavy atom. The fraction of sp³-hybridized carbons (Fsp3) is 0.217. The molecule has 154 valence electrons. The van der Waals surface area contributed by atoms with Crippen molar-refractivity contribution in [1.82, 2.24) is 4.98 Å². The summed E-state index contributed by atoms with van der Waals surface area (Å²) in [6.07, 6.45) is 1.80. The summed E-state index contributed by atoms with van der Waals surface area (Å²) < 4.78 is 11.3. The number of para-hydroxylation sites is 1. The van der Waals surface area contributed by atoms with Crippen molar-refractivity contribution >= 4 is 17.5 Å². The molecule has 0 amide bonds. The van der Waals surface area contributed by atoms with Gasteiger partial charge in [0.1, 0.15) is 17.3 Å². The third kappa shape index (κ3) is 5.27. The van der Waals surface area contributed by atoms with Crippen LogP contribution in [0.2, 0.25) is 0 Å². The maximum Gasteiger partial charge on any atom is 0.193 e. The van der Waals surface area contributed by atoms with Gasteiger partial charge in [0.25, 0.3) is 0 Å². The monoisotopic (exact) mass is 403 g/mol. The van der Waals surface area contributed by atoms with Gasteiger partial charge in [-0.05, 0) is 30.3 Å². The molecule has 4 rings (SSSR count). The molecule has 0 unspecified atom stereocenters. The number of nitrogens with two attached hydrogens (primary N) is 1. The number of hydrogen-bond acceptors (Lipinski definition) is 5. The summed E-state index contributed by atoms with van der Waals surface area (Å²) in [7, 11) is 0. The molecule has 0 saturated carbocycles. The van der Waals surface area contributed by atoms with Crippen molar-refractivity contribution in [2.24, 2.45) is 10.7 Å². The lowest BCUT2D eigenvalue weighted by molar-refractivity contribution is 0.122. The largest absolute Gasteiger partial charge is 0.457 e. The van der Waals surface area contributed by atoms with E-state index in [1.165, 1.54) is 0 Å². The lowest BCUT2D eigenvalue weighted by Gasteiger charge is -2.29. The van der Waals surface area contributed by atoms with Gasteiger partial charge in [0.15, 0.2) is 5.96 Å². The minimum atomic E-state index is 0.337. The van der Waals surface area contributed by atoms with Gasteiger partial charge in [-0.2, -0.15) is 0 Å². The molecule has 1 aliphatic heterocycles. The molecule has 7 nitrogen and oxygen atoms in total. The van der Waals surface area contributed by atoms with Crippen molar-refractivity contribution in [3.05, 3.63) is 78.5 Å². The number of benzene rings is 2. The summed E-state index contributed by atoms with van der Waals surface area (Å²) >= 11 is 0. The van der Waals surface area contributed by atoms with Crippen LogP contribution in [0.3, 0.4) is 0 Å². The summed E-state index contributed by atoms with van der Waals surface area (Å²) in [5, 5.41) is 3.13. The summed E-state index contributed by atoms with van der Waals surface area (Å²) in [6, 6.07) is 21.2. The molecular formula is C23H25N5O2. The Hall–Kier alpha value is -3.58. The third-order valence-electron chi connectivity index (χ3n) is 4.68. The number of hydrogen-bond donors (Lipinski definition) is 2. The molecule has 3 N–H and O–H groups in total. The van der Waals surface area contributed by atoms with E-state index >= 15 is 0 Å². The van der Waals surface area contributed by atoms with Crippen LogP contribution in [-0.4, -0.2) is 37.2 Å². The summed E-state index contributed by atoms with van der Waals surface area (Å²) in [4.78, 5) is 11.3. The van der Waals surface area contributed by atoms with E-state index in [2.05, 4.69) is 20.2 Å². The highest BCUT2D eigenvalue weighted by atomic mass is 16.5. The predicted molar refractivity (Wildman–Crippen MR) is 119 cm³/mol. The van der Waals surface area contributed by atoms with Gasteiger partial charge in [0, 0.05) is 36.6 Å². The van der Waals surface area contributed by atoms with Crippen molar-refractivity contribution in [1.29, 1.82) is 0 Å². The number of aliphatic imine (C=N–C) groups is 1. The van der Waals surface area contributed by atoms with E-state index in [1.807, 2.05) is 66.7 Å². The molecule has 0 bridgehead atoms. The first kappa shape index (κ1) is 19.7. The quantitative estimate of drug-likeness (QED) is 0.483. The Bertz CT molecular complexity index is 988. The number of ether oxygens (including phenoxy) is 2. The maximum absolute atomic E-state index is 6.13. The zero-order valence-electron chi connectivity index (χ0n) is 16.7. The van der Waals surface area contributed by atoms with Crippen LogP contribution >= 0.6 is 0 Å². The van der Waals surface area contributed by atoms with Crippen LogP contribution in [0.5, 0.6) is 11.5 Å². The highest BCUT2D eigenvalue weighted by Crippen LogP contribution is 2.24. The molecule has 1 fully saturated rings. The van der Waals surface area contributed by atoms with E-state index in [1.54, 1.807) is 6.20 Å². The minimum Gasteiger partial charge on any atom is -0.457 e. The Labute approximate surface area is 176 Å². The molecule has 0 spiro atoms. The summed E-state index contributed by atoms with van der Waals surface area (Å²) in [5.41, 5.74) is 7.97. The predicted octanol–water partition coefficient (Wildman–Crippen LogP) is 3.64. The van der Waals surface area contributed by atoms with Gasteiger partial charge in [0.2, 0.25) is 0 Å². The smallest absolute Gasteiger partial charge is 0.193 e. The first-order chi connectivity index (χ1) is 14.8. The number of guanidine groups is 1. The van der Waals surface area contributed by atoms with Gasteiger partial charge in [-0.3, -0.25) is 0 Å². The molecule has 1 saturated heterocycles. The first-order valence-corrected chi connectivity index (χ1v) is 9.94. The normalized spacial score (nSPS) is 14.4. The number of rotatable bonds is 6. The van der Waals surface area contributed by atoms with Gasteiger partial charge in [-0.15, -0.1) is 0 Å². The number of anilines is 2. The average Bonchev–Trinajstić information content (AvgIpc) is 2.79. The molecule has 2 aromatic carbocycles. The fourth-order valence-corrected chi connectivity index (χ4v) is 3.23. The number of morpholine rings is 1. The van der Waals surface area contributed by atoms with E-state index < -0.39 is 0 Å². The van der Waals surface area contributed by atoms with Crippen LogP contribution < -0.4 is 20.7 Å². The number of aromatic nitrogens is 1. The zero-order valence-corrected chi connectivity index (χ0v) is 16.7. The zero-order chi connectivity index (χ0) is 20.6. The number of pyridine rings is 1. The van der Waals surface area contributed by atoms with Crippen LogP contribution in [-0.2, 0) is 11.3 Å². The van der Waals surface area contributed by atoms with E-state index in [9.17, 15) is 0 Å². The SMILES string of the molecule is NC(=NCc1cccnc1N1CCOCC1)Nc1cccc(Oc2ccccc2)c1. The molecule has 7 heteroatoms. The molecule has 1 aromatic heterocycles. The van der Waals surface area contributed by atoms with Crippen molar-refractivity contribution in [3.63, 3.8) is 0 Å². The van der Waals surface area contributed by atoms with Crippen LogP contribution in [0.15, 0.2) is 77.9 Å². The van der Waals surface area contributed by atoms with E-state index in [0.717, 1.165) is 41.7 Å². The van der Waals surface area contributed by atoms with Crippen LogP contribution in [0.4, 0.5) is 11.5 Å². The lowest BCUT2D eigenvalue weighted by atomic mass is 10.2. The molecule has 0 radical (unpaired) electrons.